The van der Waals surface area contributed by atoms with E-state index in [0.29, 0.717) is 6.04 Å². The minimum Gasteiger partial charge on any atom is -0.386 e. The Kier molecular flexibility index (Phi) is 6.70. The fourth-order valence-corrected chi connectivity index (χ4v) is 6.41. The molecule has 1 rings (SSSR count). The topological polar surface area (TPSA) is 21.7 Å². The molecule has 0 saturated heterocycles. The Bertz CT molecular complexity index is 204. The molecule has 0 heterocycles. The van der Waals surface area contributed by atoms with Gasteiger partial charge in [-0.25, -0.2) is 0 Å². The zero-order valence-electron chi connectivity index (χ0n) is 12.0. The molecule has 102 valence electrons. The van der Waals surface area contributed by atoms with Crippen molar-refractivity contribution in [1.29, 1.82) is 0 Å². The van der Waals surface area contributed by atoms with E-state index in [-0.39, 0.29) is 0 Å². The third kappa shape index (κ3) is 3.53. The van der Waals surface area contributed by atoms with Crippen LogP contribution in [0.15, 0.2) is 0 Å². The van der Waals surface area contributed by atoms with Crippen LogP contribution in [0.25, 0.3) is 0 Å². The number of hydrogen-bond acceptors (Lipinski definition) is 3. The molecule has 0 radical (unpaired) electrons. The first-order chi connectivity index (χ1) is 8.24. The summed E-state index contributed by atoms with van der Waals surface area (Å²) in [6.07, 6.45) is 7.90. The summed E-state index contributed by atoms with van der Waals surface area (Å²) in [6, 6.07) is 1.76. The standard InChI is InChI=1S/C13H29NO2Si/c1-5-12-17(15-3,16-4)14(6-2)13-10-8-7-9-11-13/h13H,5-12H2,1-4H3. The molecule has 0 spiro atoms. The van der Waals surface area contributed by atoms with Crippen molar-refractivity contribution in [3.8, 4) is 0 Å². The van der Waals surface area contributed by atoms with E-state index in [0.717, 1.165) is 19.0 Å². The van der Waals surface area contributed by atoms with Crippen LogP contribution < -0.4 is 0 Å². The first-order valence-electron chi connectivity index (χ1n) is 7.11. The molecule has 0 unspecified atom stereocenters. The Morgan fingerprint density at radius 2 is 1.65 bits per heavy atom. The molecule has 3 nitrogen and oxygen atoms in total. The van der Waals surface area contributed by atoms with Gasteiger partial charge in [0.05, 0.1) is 0 Å². The summed E-state index contributed by atoms with van der Waals surface area (Å²) >= 11 is 0. The molecular formula is C13H29NO2Si. The monoisotopic (exact) mass is 259 g/mol. The lowest BCUT2D eigenvalue weighted by Gasteiger charge is -2.43. The molecule has 0 aliphatic heterocycles. The van der Waals surface area contributed by atoms with Crippen LogP contribution in [-0.2, 0) is 8.85 Å². The smallest absolute Gasteiger partial charge is 0.386 e. The van der Waals surface area contributed by atoms with Gasteiger partial charge in [-0.05, 0) is 19.4 Å². The first kappa shape index (κ1) is 15.2. The van der Waals surface area contributed by atoms with Crippen LogP contribution in [0.3, 0.4) is 0 Å². The third-order valence-electron chi connectivity index (χ3n) is 4.00. The lowest BCUT2D eigenvalue weighted by atomic mass is 9.95. The van der Waals surface area contributed by atoms with E-state index >= 15 is 0 Å². The summed E-state index contributed by atoms with van der Waals surface area (Å²) in [7, 11) is 1.53. The van der Waals surface area contributed by atoms with Crippen molar-refractivity contribution in [2.24, 2.45) is 0 Å². The molecule has 0 N–H and O–H groups in total. The molecule has 1 fully saturated rings. The van der Waals surface area contributed by atoms with E-state index in [1.807, 2.05) is 14.2 Å². The summed E-state index contributed by atoms with van der Waals surface area (Å²) in [6.45, 7) is 5.51. The van der Waals surface area contributed by atoms with E-state index in [1.165, 1.54) is 32.1 Å². The predicted octanol–water partition coefficient (Wildman–Crippen LogP) is 3.28. The molecule has 17 heavy (non-hydrogen) atoms. The molecule has 1 aliphatic carbocycles. The van der Waals surface area contributed by atoms with Crippen molar-refractivity contribution in [3.05, 3.63) is 0 Å². The van der Waals surface area contributed by atoms with Gasteiger partial charge in [0, 0.05) is 26.3 Å². The molecule has 0 amide bonds. The fraction of sp³-hybridized carbons (Fsp3) is 1.00. The first-order valence-corrected chi connectivity index (χ1v) is 9.08. The Hall–Kier alpha value is 0.0969. The predicted molar refractivity (Wildman–Crippen MR) is 74.1 cm³/mol. The molecule has 0 atom stereocenters. The Morgan fingerprint density at radius 3 is 2.06 bits per heavy atom. The number of rotatable bonds is 7. The molecule has 1 saturated carbocycles. The van der Waals surface area contributed by atoms with Gasteiger partial charge in [0.15, 0.2) is 0 Å². The highest BCUT2D eigenvalue weighted by atomic mass is 28.4. The van der Waals surface area contributed by atoms with E-state index in [1.54, 1.807) is 0 Å². The van der Waals surface area contributed by atoms with Crippen LogP contribution in [0.2, 0.25) is 6.04 Å². The lowest BCUT2D eigenvalue weighted by molar-refractivity contribution is 0.122. The second-order valence-corrected chi connectivity index (χ2v) is 8.27. The van der Waals surface area contributed by atoms with E-state index < -0.39 is 8.72 Å². The van der Waals surface area contributed by atoms with Gasteiger partial charge < -0.3 is 8.85 Å². The molecular weight excluding hydrogens is 230 g/mol. The molecule has 0 aromatic carbocycles. The maximum atomic E-state index is 5.88. The van der Waals surface area contributed by atoms with Crippen LogP contribution in [0, 0.1) is 0 Å². The normalized spacial score (nSPS) is 18.9. The van der Waals surface area contributed by atoms with Gasteiger partial charge in [-0.1, -0.05) is 39.5 Å². The van der Waals surface area contributed by atoms with Crippen LogP contribution in [-0.4, -0.2) is 40.1 Å². The van der Waals surface area contributed by atoms with Crippen molar-refractivity contribution < 1.29 is 8.85 Å². The summed E-state index contributed by atoms with van der Waals surface area (Å²) in [5, 5.41) is 0. The van der Waals surface area contributed by atoms with Crippen molar-refractivity contribution in [3.63, 3.8) is 0 Å². The summed E-state index contributed by atoms with van der Waals surface area (Å²) in [5.74, 6) is 0. The van der Waals surface area contributed by atoms with Gasteiger partial charge in [0.1, 0.15) is 0 Å². The minimum atomic E-state index is -2.13. The minimum absolute atomic E-state index is 0.687. The Labute approximate surface area is 108 Å². The Balaban J connectivity index is 2.78. The van der Waals surface area contributed by atoms with Crippen molar-refractivity contribution in [2.75, 3.05) is 20.8 Å². The largest absolute Gasteiger partial charge is 0.427 e. The second-order valence-electron chi connectivity index (χ2n) is 4.95. The fourth-order valence-electron chi connectivity index (χ4n) is 3.15. The third-order valence-corrected chi connectivity index (χ3v) is 7.96. The van der Waals surface area contributed by atoms with E-state index in [4.69, 9.17) is 8.85 Å². The molecule has 1 aliphatic rings. The highest BCUT2D eigenvalue weighted by Crippen LogP contribution is 2.29. The Morgan fingerprint density at radius 1 is 1.06 bits per heavy atom. The van der Waals surface area contributed by atoms with Crippen molar-refractivity contribution in [1.82, 2.24) is 4.57 Å². The van der Waals surface area contributed by atoms with Crippen molar-refractivity contribution in [2.45, 2.75) is 64.5 Å². The van der Waals surface area contributed by atoms with Crippen LogP contribution in [0.5, 0.6) is 0 Å². The quantitative estimate of drug-likeness (QED) is 0.655. The van der Waals surface area contributed by atoms with Crippen LogP contribution in [0.1, 0.15) is 52.4 Å². The average Bonchev–Trinajstić information content (AvgIpc) is 2.39. The summed E-state index contributed by atoms with van der Waals surface area (Å²) in [5.41, 5.74) is 0. The number of nitrogens with zero attached hydrogens (tertiary/aromatic N) is 1. The highest BCUT2D eigenvalue weighted by molar-refractivity contribution is 6.64. The SMILES string of the molecule is CCC[Si](OC)(OC)N(CC)C1CCCCC1. The van der Waals surface area contributed by atoms with Gasteiger partial charge in [0.25, 0.3) is 0 Å². The molecule has 4 heteroatoms. The van der Waals surface area contributed by atoms with Crippen LogP contribution >= 0.6 is 0 Å². The molecule has 0 aromatic heterocycles. The average molecular weight is 259 g/mol. The maximum Gasteiger partial charge on any atom is 0.427 e. The van der Waals surface area contributed by atoms with Gasteiger partial charge in [0.2, 0.25) is 0 Å². The van der Waals surface area contributed by atoms with Gasteiger partial charge in [-0.2, -0.15) is 0 Å². The van der Waals surface area contributed by atoms with Gasteiger partial charge in [-0.15, -0.1) is 0 Å². The van der Waals surface area contributed by atoms with Crippen molar-refractivity contribution >= 4 is 8.72 Å². The zero-order valence-corrected chi connectivity index (χ0v) is 13.0. The summed E-state index contributed by atoms with van der Waals surface area (Å²) < 4.78 is 14.3. The lowest BCUT2D eigenvalue weighted by Crippen LogP contribution is -2.61. The maximum absolute atomic E-state index is 5.88. The molecule has 0 bridgehead atoms. The van der Waals surface area contributed by atoms with Gasteiger partial charge in [-0.3, -0.25) is 4.57 Å². The van der Waals surface area contributed by atoms with E-state index in [2.05, 4.69) is 18.4 Å². The molecule has 0 aromatic rings. The summed E-state index contributed by atoms with van der Waals surface area (Å²) in [4.78, 5) is 0. The number of hydrogen-bond donors (Lipinski definition) is 0. The van der Waals surface area contributed by atoms with Crippen LogP contribution in [0.4, 0.5) is 0 Å². The zero-order chi connectivity index (χ0) is 12.7. The van der Waals surface area contributed by atoms with E-state index in [9.17, 15) is 0 Å². The second kappa shape index (κ2) is 7.51. The van der Waals surface area contributed by atoms with Gasteiger partial charge >= 0.3 is 8.72 Å². The highest BCUT2D eigenvalue weighted by Gasteiger charge is 2.45.